The van der Waals surface area contributed by atoms with Gasteiger partial charge in [-0.3, -0.25) is 9.59 Å². The standard InChI is InChI=1S/C14H18N2O5/c1-21-14(20)11-8-10(17)9-16(11)13(19)5-7-15-6-3-2-4-12(15)18/h2-4,6,10-11,17H,5,7-9H2,1H3. The number of rotatable bonds is 4. The second-order valence-corrected chi connectivity index (χ2v) is 4.96. The molecule has 2 rings (SSSR count). The molecule has 1 aromatic heterocycles. The van der Waals surface area contributed by atoms with Crippen LogP contribution in [0.1, 0.15) is 12.8 Å². The maximum Gasteiger partial charge on any atom is 0.328 e. The number of hydrogen-bond acceptors (Lipinski definition) is 5. The van der Waals surface area contributed by atoms with Crippen molar-refractivity contribution in [3.63, 3.8) is 0 Å². The average molecular weight is 294 g/mol. The van der Waals surface area contributed by atoms with Crippen molar-refractivity contribution in [2.75, 3.05) is 13.7 Å². The van der Waals surface area contributed by atoms with Gasteiger partial charge >= 0.3 is 5.97 Å². The summed E-state index contributed by atoms with van der Waals surface area (Å²) in [6.07, 6.45) is 1.15. The lowest BCUT2D eigenvalue weighted by Gasteiger charge is -2.22. The van der Waals surface area contributed by atoms with Gasteiger partial charge in [0.05, 0.1) is 13.2 Å². The Labute approximate surface area is 121 Å². The number of hydrogen-bond donors (Lipinski definition) is 1. The van der Waals surface area contributed by atoms with Gasteiger partial charge in [0.25, 0.3) is 5.56 Å². The van der Waals surface area contributed by atoms with E-state index in [1.165, 1.54) is 22.6 Å². The van der Waals surface area contributed by atoms with E-state index in [4.69, 9.17) is 0 Å². The van der Waals surface area contributed by atoms with Gasteiger partial charge < -0.3 is 19.3 Å². The fraction of sp³-hybridized carbons (Fsp3) is 0.500. The Morgan fingerprint density at radius 3 is 2.86 bits per heavy atom. The molecule has 0 spiro atoms. The van der Waals surface area contributed by atoms with Crippen LogP contribution in [-0.2, 0) is 20.9 Å². The van der Waals surface area contributed by atoms with Crippen LogP contribution in [0.25, 0.3) is 0 Å². The molecular weight excluding hydrogens is 276 g/mol. The predicted octanol–water partition coefficient (Wildman–Crippen LogP) is -0.627. The van der Waals surface area contributed by atoms with Gasteiger partial charge in [-0.15, -0.1) is 0 Å². The Morgan fingerprint density at radius 1 is 1.43 bits per heavy atom. The number of aryl methyl sites for hydroxylation is 1. The molecule has 2 atom stereocenters. The molecule has 114 valence electrons. The molecule has 1 aliphatic heterocycles. The highest BCUT2D eigenvalue weighted by Gasteiger charge is 2.39. The number of pyridine rings is 1. The highest BCUT2D eigenvalue weighted by atomic mass is 16.5. The predicted molar refractivity (Wildman–Crippen MR) is 73.5 cm³/mol. The lowest BCUT2D eigenvalue weighted by molar-refractivity contribution is -0.151. The first kappa shape index (κ1) is 15.2. The van der Waals surface area contributed by atoms with E-state index in [1.807, 2.05) is 0 Å². The van der Waals surface area contributed by atoms with E-state index in [0.29, 0.717) is 0 Å². The zero-order chi connectivity index (χ0) is 15.4. The zero-order valence-electron chi connectivity index (χ0n) is 11.8. The van der Waals surface area contributed by atoms with Crippen molar-refractivity contribution < 1.29 is 19.4 Å². The monoisotopic (exact) mass is 294 g/mol. The number of methoxy groups -OCH3 is 1. The molecule has 0 radical (unpaired) electrons. The Morgan fingerprint density at radius 2 is 2.19 bits per heavy atom. The van der Waals surface area contributed by atoms with E-state index in [9.17, 15) is 19.5 Å². The Hall–Kier alpha value is -2.15. The number of aliphatic hydroxyl groups excluding tert-OH is 1. The average Bonchev–Trinajstić information content (AvgIpc) is 2.87. The molecule has 0 aliphatic carbocycles. The molecule has 0 aromatic carbocycles. The van der Waals surface area contributed by atoms with E-state index in [2.05, 4.69) is 4.74 Å². The van der Waals surface area contributed by atoms with Gasteiger partial charge in [-0.1, -0.05) is 6.07 Å². The van der Waals surface area contributed by atoms with Crippen molar-refractivity contribution in [3.8, 4) is 0 Å². The lowest BCUT2D eigenvalue weighted by atomic mass is 10.2. The smallest absolute Gasteiger partial charge is 0.328 e. The van der Waals surface area contributed by atoms with Gasteiger partial charge in [-0.05, 0) is 6.07 Å². The first-order chi connectivity index (χ1) is 10.0. The van der Waals surface area contributed by atoms with Gasteiger partial charge in [-0.2, -0.15) is 0 Å². The summed E-state index contributed by atoms with van der Waals surface area (Å²) in [4.78, 5) is 36.7. The first-order valence-electron chi connectivity index (χ1n) is 6.73. The van der Waals surface area contributed by atoms with Crippen LogP contribution in [0.2, 0.25) is 0 Å². The number of nitrogens with zero attached hydrogens (tertiary/aromatic N) is 2. The van der Waals surface area contributed by atoms with Crippen molar-refractivity contribution in [1.82, 2.24) is 9.47 Å². The SMILES string of the molecule is COC(=O)C1CC(O)CN1C(=O)CCn1ccccc1=O. The third-order valence-corrected chi connectivity index (χ3v) is 3.54. The molecule has 0 bridgehead atoms. The Balaban J connectivity index is 2.01. The molecule has 2 unspecified atom stereocenters. The lowest BCUT2D eigenvalue weighted by Crippen LogP contribution is -2.41. The summed E-state index contributed by atoms with van der Waals surface area (Å²) in [5, 5.41) is 9.64. The molecule has 21 heavy (non-hydrogen) atoms. The highest BCUT2D eigenvalue weighted by molar-refractivity contribution is 5.85. The second-order valence-electron chi connectivity index (χ2n) is 4.96. The van der Waals surface area contributed by atoms with Gasteiger partial charge in [0.2, 0.25) is 5.91 Å². The number of amides is 1. The van der Waals surface area contributed by atoms with Crippen molar-refractivity contribution in [3.05, 3.63) is 34.7 Å². The van der Waals surface area contributed by atoms with Crippen LogP contribution in [0.3, 0.4) is 0 Å². The summed E-state index contributed by atoms with van der Waals surface area (Å²) in [5.41, 5.74) is -0.184. The zero-order valence-corrected chi connectivity index (χ0v) is 11.8. The summed E-state index contributed by atoms with van der Waals surface area (Å²) in [6.45, 7) is 0.348. The molecule has 7 heteroatoms. The third-order valence-electron chi connectivity index (χ3n) is 3.54. The van der Waals surface area contributed by atoms with Crippen LogP contribution in [0, 0.1) is 0 Å². The van der Waals surface area contributed by atoms with E-state index < -0.39 is 18.1 Å². The number of ether oxygens (including phenoxy) is 1. The van der Waals surface area contributed by atoms with Gasteiger partial charge in [0, 0.05) is 38.2 Å². The molecule has 1 aromatic rings. The minimum atomic E-state index is -0.745. The quantitative estimate of drug-likeness (QED) is 0.747. The molecule has 1 fully saturated rings. The number of esters is 1. The number of aromatic nitrogens is 1. The topological polar surface area (TPSA) is 88.8 Å². The summed E-state index contributed by atoms with van der Waals surface area (Å²) < 4.78 is 6.07. The third kappa shape index (κ3) is 3.49. The van der Waals surface area contributed by atoms with Crippen molar-refractivity contribution in [2.45, 2.75) is 31.5 Å². The molecule has 1 N–H and O–H groups in total. The van der Waals surface area contributed by atoms with Gasteiger partial charge in [0.1, 0.15) is 6.04 Å². The van der Waals surface area contributed by atoms with Crippen molar-refractivity contribution in [2.24, 2.45) is 0 Å². The number of aliphatic hydroxyl groups is 1. The fourth-order valence-electron chi connectivity index (χ4n) is 2.45. The molecule has 1 saturated heterocycles. The van der Waals surface area contributed by atoms with Crippen molar-refractivity contribution >= 4 is 11.9 Å². The van der Waals surface area contributed by atoms with Crippen LogP contribution in [-0.4, -0.2) is 52.3 Å². The van der Waals surface area contributed by atoms with Crippen LogP contribution in [0.4, 0.5) is 0 Å². The maximum atomic E-state index is 12.2. The second kappa shape index (κ2) is 6.53. The minimum Gasteiger partial charge on any atom is -0.467 e. The molecular formula is C14H18N2O5. The molecule has 1 aliphatic rings. The number of carbonyl (C=O) groups is 2. The first-order valence-corrected chi connectivity index (χ1v) is 6.73. The molecule has 1 amide bonds. The summed E-state index contributed by atoms with van der Waals surface area (Å²) >= 11 is 0. The van der Waals surface area contributed by atoms with Crippen LogP contribution >= 0.6 is 0 Å². The maximum absolute atomic E-state index is 12.2. The van der Waals surface area contributed by atoms with Gasteiger partial charge in [-0.25, -0.2) is 4.79 Å². The molecule has 2 heterocycles. The van der Waals surface area contributed by atoms with Crippen molar-refractivity contribution in [1.29, 1.82) is 0 Å². The van der Waals surface area contributed by atoms with Gasteiger partial charge in [0.15, 0.2) is 0 Å². The van der Waals surface area contributed by atoms with E-state index >= 15 is 0 Å². The highest BCUT2D eigenvalue weighted by Crippen LogP contribution is 2.20. The van der Waals surface area contributed by atoms with Crippen LogP contribution in [0.15, 0.2) is 29.2 Å². The van der Waals surface area contributed by atoms with Crippen LogP contribution < -0.4 is 5.56 Å². The number of β-amino-alcohol motifs (C(OH)–C–C–N with tert-alkyl or cyclic N) is 1. The Bertz CT molecular complexity index is 583. The van der Waals surface area contributed by atoms with E-state index in [-0.39, 0.29) is 37.4 Å². The normalized spacial score (nSPS) is 21.3. The molecule has 0 saturated carbocycles. The summed E-state index contributed by atoms with van der Waals surface area (Å²) in [7, 11) is 1.25. The minimum absolute atomic E-state index is 0.0874. The molecule has 7 nitrogen and oxygen atoms in total. The number of carbonyl (C=O) groups excluding carboxylic acids is 2. The van der Waals surface area contributed by atoms with Crippen LogP contribution in [0.5, 0.6) is 0 Å². The van der Waals surface area contributed by atoms with E-state index in [1.54, 1.807) is 18.3 Å². The van der Waals surface area contributed by atoms with E-state index in [0.717, 1.165) is 0 Å². The number of likely N-dealkylation sites (tertiary alicyclic amines) is 1. The summed E-state index contributed by atoms with van der Waals surface area (Å²) in [6, 6.07) is 4.01. The largest absolute Gasteiger partial charge is 0.467 e. The fourth-order valence-corrected chi connectivity index (χ4v) is 2.45. The Kier molecular flexibility index (Phi) is 4.74. The summed E-state index contributed by atoms with van der Waals surface area (Å²) in [5.74, 6) is -0.811.